The molecule has 2 aliphatic heterocycles. The summed E-state index contributed by atoms with van der Waals surface area (Å²) in [5.41, 5.74) is 1.18. The normalized spacial score (nSPS) is 19.2. The van der Waals surface area contributed by atoms with E-state index in [1.54, 1.807) is 12.3 Å². The average molecular weight is 443 g/mol. The summed E-state index contributed by atoms with van der Waals surface area (Å²) in [6.45, 7) is 3.52. The maximum Gasteiger partial charge on any atom is 0.420 e. The molecule has 31 heavy (non-hydrogen) atoms. The number of hydrogen-bond donors (Lipinski definition) is 0. The van der Waals surface area contributed by atoms with Crippen molar-refractivity contribution in [3.05, 3.63) is 46.4 Å². The molecule has 164 valence electrons. The molecule has 0 radical (unpaired) electrons. The van der Waals surface area contributed by atoms with Gasteiger partial charge in [-0.25, -0.2) is 9.78 Å². The van der Waals surface area contributed by atoms with Gasteiger partial charge in [0.25, 0.3) is 5.19 Å². The summed E-state index contributed by atoms with van der Waals surface area (Å²) in [6, 6.07) is 7.71. The Morgan fingerprint density at radius 1 is 1.13 bits per heavy atom. The van der Waals surface area contributed by atoms with Gasteiger partial charge in [0.15, 0.2) is 5.58 Å². The molecule has 4 heterocycles. The lowest BCUT2D eigenvalue weighted by atomic mass is 9.99. The van der Waals surface area contributed by atoms with Crippen molar-refractivity contribution in [2.75, 3.05) is 26.2 Å². The van der Waals surface area contributed by atoms with Crippen LogP contribution in [0.3, 0.4) is 0 Å². The molecule has 0 N–H and O–H groups in total. The largest absolute Gasteiger partial charge is 0.467 e. The van der Waals surface area contributed by atoms with Gasteiger partial charge in [-0.1, -0.05) is 23.5 Å². The highest BCUT2D eigenvalue weighted by atomic mass is 32.1. The van der Waals surface area contributed by atoms with Gasteiger partial charge in [-0.3, -0.25) is 14.3 Å². The van der Waals surface area contributed by atoms with E-state index < -0.39 is 5.76 Å². The Labute approximate surface area is 184 Å². The second-order valence-electron chi connectivity index (χ2n) is 8.18. The van der Waals surface area contributed by atoms with Crippen LogP contribution in [-0.4, -0.2) is 63.6 Å². The van der Waals surface area contributed by atoms with Crippen LogP contribution in [0.2, 0.25) is 0 Å². The van der Waals surface area contributed by atoms with Crippen molar-refractivity contribution in [1.29, 1.82) is 0 Å². The van der Waals surface area contributed by atoms with Gasteiger partial charge >= 0.3 is 5.76 Å². The number of fused-ring (bicyclic) bond motifs is 1. The molecular weight excluding hydrogens is 416 g/mol. The second kappa shape index (κ2) is 8.84. The summed E-state index contributed by atoms with van der Waals surface area (Å²) in [4.78, 5) is 33.6. The summed E-state index contributed by atoms with van der Waals surface area (Å²) in [5, 5.41) is 2.69. The maximum atomic E-state index is 12.8. The standard InChI is InChI=1S/C22H26N4O4S/c27-20(15-26-18-3-1-2-4-19(18)30-22(26)28)25-10-5-16(6-11-25)24-12-7-17(8-13-24)29-21-23-9-14-31-21/h1-4,9,14,16-17H,5-8,10-13,15H2. The number of carbonyl (C=O) groups is 1. The van der Waals surface area contributed by atoms with Crippen molar-refractivity contribution in [2.24, 2.45) is 0 Å². The Hall–Kier alpha value is -2.65. The molecular formula is C22H26N4O4S. The van der Waals surface area contributed by atoms with E-state index in [2.05, 4.69) is 9.88 Å². The second-order valence-corrected chi connectivity index (χ2v) is 9.04. The number of thiazole rings is 1. The smallest absolute Gasteiger partial charge is 0.420 e. The highest BCUT2D eigenvalue weighted by molar-refractivity contribution is 7.11. The number of hydrogen-bond acceptors (Lipinski definition) is 7. The number of carbonyl (C=O) groups excluding carboxylic acids is 1. The van der Waals surface area contributed by atoms with Crippen molar-refractivity contribution < 1.29 is 13.9 Å². The number of piperidine rings is 2. The van der Waals surface area contributed by atoms with Gasteiger partial charge in [0.2, 0.25) is 5.91 Å². The maximum absolute atomic E-state index is 12.8. The van der Waals surface area contributed by atoms with Gasteiger partial charge in [0, 0.05) is 43.8 Å². The van der Waals surface area contributed by atoms with Crippen LogP contribution in [0.1, 0.15) is 25.7 Å². The number of para-hydroxylation sites is 2. The number of nitrogens with zero attached hydrogens (tertiary/aromatic N) is 4. The molecule has 0 bridgehead atoms. The van der Waals surface area contributed by atoms with E-state index in [1.165, 1.54) is 15.9 Å². The first-order chi connectivity index (χ1) is 15.2. The SMILES string of the molecule is O=C(Cn1c(=O)oc2ccccc21)N1CCC(N2CCC(Oc3nccs3)CC2)CC1. The van der Waals surface area contributed by atoms with E-state index in [0.29, 0.717) is 17.1 Å². The molecule has 0 unspecified atom stereocenters. The van der Waals surface area contributed by atoms with Crippen LogP contribution >= 0.6 is 11.3 Å². The van der Waals surface area contributed by atoms with E-state index in [4.69, 9.17) is 9.15 Å². The van der Waals surface area contributed by atoms with Gasteiger partial charge in [0.05, 0.1) is 5.52 Å². The lowest BCUT2D eigenvalue weighted by Crippen LogP contribution is -2.50. The first kappa shape index (κ1) is 20.3. The molecule has 3 aromatic rings. The molecule has 0 atom stereocenters. The fourth-order valence-corrected chi connectivity index (χ4v) is 5.20. The third-order valence-electron chi connectivity index (χ3n) is 6.35. The molecule has 8 nitrogen and oxygen atoms in total. The lowest BCUT2D eigenvalue weighted by Gasteiger charge is -2.41. The van der Waals surface area contributed by atoms with Crippen LogP contribution in [0, 0.1) is 0 Å². The Morgan fingerprint density at radius 2 is 1.90 bits per heavy atom. The van der Waals surface area contributed by atoms with Crippen molar-refractivity contribution in [3.63, 3.8) is 0 Å². The number of rotatable bonds is 5. The van der Waals surface area contributed by atoms with Crippen molar-refractivity contribution >= 4 is 28.3 Å². The molecule has 2 aromatic heterocycles. The molecule has 1 amide bonds. The minimum absolute atomic E-state index is 0.0253. The van der Waals surface area contributed by atoms with E-state index in [0.717, 1.165) is 57.1 Å². The zero-order valence-corrected chi connectivity index (χ0v) is 18.1. The zero-order valence-electron chi connectivity index (χ0n) is 17.3. The fraction of sp³-hybridized carbons (Fsp3) is 0.500. The monoisotopic (exact) mass is 442 g/mol. The molecule has 0 saturated carbocycles. The molecule has 2 aliphatic rings. The van der Waals surface area contributed by atoms with Gasteiger partial charge in [-0.05, 0) is 37.8 Å². The van der Waals surface area contributed by atoms with Crippen LogP contribution in [-0.2, 0) is 11.3 Å². The summed E-state index contributed by atoms with van der Waals surface area (Å²) in [5.74, 6) is -0.505. The van der Waals surface area contributed by atoms with Crippen molar-refractivity contribution in [2.45, 2.75) is 44.4 Å². The van der Waals surface area contributed by atoms with E-state index in [-0.39, 0.29) is 18.6 Å². The van der Waals surface area contributed by atoms with Crippen LogP contribution in [0.5, 0.6) is 5.19 Å². The first-order valence-corrected chi connectivity index (χ1v) is 11.7. The van der Waals surface area contributed by atoms with Gasteiger partial charge in [-0.2, -0.15) is 0 Å². The predicted octanol–water partition coefficient (Wildman–Crippen LogP) is 2.59. The van der Waals surface area contributed by atoms with Gasteiger partial charge < -0.3 is 14.1 Å². The van der Waals surface area contributed by atoms with Gasteiger partial charge in [0.1, 0.15) is 12.6 Å². The van der Waals surface area contributed by atoms with Crippen molar-refractivity contribution in [1.82, 2.24) is 19.4 Å². The Morgan fingerprint density at radius 3 is 2.65 bits per heavy atom. The Kier molecular flexibility index (Phi) is 5.78. The van der Waals surface area contributed by atoms with Crippen LogP contribution in [0.15, 0.2) is 45.1 Å². The lowest BCUT2D eigenvalue weighted by molar-refractivity contribution is -0.133. The number of aromatic nitrogens is 2. The summed E-state index contributed by atoms with van der Waals surface area (Å²) in [6.07, 6.45) is 5.96. The highest BCUT2D eigenvalue weighted by Gasteiger charge is 2.30. The number of benzene rings is 1. The third-order valence-corrected chi connectivity index (χ3v) is 7.02. The Bertz CT molecular complexity index is 1080. The number of oxazole rings is 1. The van der Waals surface area contributed by atoms with Crippen LogP contribution in [0.25, 0.3) is 11.1 Å². The predicted molar refractivity (Wildman–Crippen MR) is 117 cm³/mol. The summed E-state index contributed by atoms with van der Waals surface area (Å²) < 4.78 is 12.6. The number of ether oxygens (including phenoxy) is 1. The van der Waals surface area contributed by atoms with E-state index >= 15 is 0 Å². The van der Waals surface area contributed by atoms with Crippen LogP contribution < -0.4 is 10.5 Å². The highest BCUT2D eigenvalue weighted by Crippen LogP contribution is 2.25. The van der Waals surface area contributed by atoms with E-state index in [1.807, 2.05) is 28.5 Å². The molecule has 9 heteroatoms. The zero-order chi connectivity index (χ0) is 21.2. The first-order valence-electron chi connectivity index (χ1n) is 10.8. The molecule has 5 rings (SSSR count). The topological polar surface area (TPSA) is 80.8 Å². The summed E-state index contributed by atoms with van der Waals surface area (Å²) in [7, 11) is 0. The fourth-order valence-electron chi connectivity index (χ4n) is 4.65. The van der Waals surface area contributed by atoms with Crippen LogP contribution in [0.4, 0.5) is 0 Å². The Balaban J connectivity index is 1.12. The molecule has 0 aliphatic carbocycles. The number of amides is 1. The third kappa shape index (κ3) is 4.38. The minimum atomic E-state index is -0.479. The summed E-state index contributed by atoms with van der Waals surface area (Å²) >= 11 is 1.54. The number of likely N-dealkylation sites (tertiary alicyclic amines) is 2. The van der Waals surface area contributed by atoms with Crippen molar-refractivity contribution in [3.8, 4) is 5.19 Å². The molecule has 2 fully saturated rings. The molecule has 2 saturated heterocycles. The quantitative estimate of drug-likeness (QED) is 0.604. The molecule has 1 aromatic carbocycles. The van der Waals surface area contributed by atoms with Gasteiger partial charge in [-0.15, -0.1) is 0 Å². The minimum Gasteiger partial charge on any atom is -0.467 e. The molecule has 0 spiro atoms. The van der Waals surface area contributed by atoms with E-state index in [9.17, 15) is 9.59 Å². The average Bonchev–Trinajstić information content (AvgIpc) is 3.42.